The first-order valence-corrected chi connectivity index (χ1v) is 8.27. The number of hydrogen-bond donors (Lipinski definition) is 3. The van der Waals surface area contributed by atoms with Crippen LogP contribution in [0.15, 0.2) is 29.6 Å². The molecule has 1 heterocycles. The molecule has 3 amide bonds. The number of rotatable bonds is 5. The van der Waals surface area contributed by atoms with Crippen LogP contribution in [0, 0.1) is 6.92 Å². The average Bonchev–Trinajstić information content (AvgIpc) is 2.98. The summed E-state index contributed by atoms with van der Waals surface area (Å²) in [4.78, 5) is 28.0. The van der Waals surface area contributed by atoms with Crippen molar-refractivity contribution in [2.45, 2.75) is 33.2 Å². The molecule has 0 radical (unpaired) electrons. The van der Waals surface area contributed by atoms with E-state index in [0.29, 0.717) is 16.5 Å². The standard InChI is InChI=1S/C16H20N4O2S/c1-4-11(3)17-14(21)13-9-23-16(19-13)20-15(22)18-12-7-5-10(2)6-8-12/h5-9,11H,4H2,1-3H3,(H,17,21)(H2,18,19,20,22). The molecule has 1 aromatic heterocycles. The van der Waals surface area contributed by atoms with E-state index in [1.165, 1.54) is 11.3 Å². The molecule has 7 heteroatoms. The summed E-state index contributed by atoms with van der Waals surface area (Å²) in [6.07, 6.45) is 0.847. The summed E-state index contributed by atoms with van der Waals surface area (Å²) >= 11 is 1.21. The molecule has 0 spiro atoms. The Labute approximate surface area is 139 Å². The largest absolute Gasteiger partial charge is 0.348 e. The first-order chi connectivity index (χ1) is 11.0. The zero-order chi connectivity index (χ0) is 16.8. The highest BCUT2D eigenvalue weighted by molar-refractivity contribution is 7.14. The second-order valence-corrected chi connectivity index (χ2v) is 6.12. The third-order valence-corrected chi connectivity index (χ3v) is 4.01. The number of urea groups is 1. The number of carbonyl (C=O) groups is 2. The highest BCUT2D eigenvalue weighted by atomic mass is 32.1. The van der Waals surface area contributed by atoms with E-state index >= 15 is 0 Å². The predicted octanol–water partition coefficient (Wildman–Crippen LogP) is 3.62. The van der Waals surface area contributed by atoms with Gasteiger partial charge in [0, 0.05) is 17.1 Å². The molecule has 0 saturated carbocycles. The van der Waals surface area contributed by atoms with E-state index in [9.17, 15) is 9.59 Å². The van der Waals surface area contributed by atoms with Crippen molar-refractivity contribution in [1.29, 1.82) is 0 Å². The number of carbonyl (C=O) groups excluding carboxylic acids is 2. The highest BCUT2D eigenvalue weighted by Crippen LogP contribution is 2.16. The van der Waals surface area contributed by atoms with Crippen molar-refractivity contribution in [3.63, 3.8) is 0 Å². The molecule has 2 rings (SSSR count). The second kappa shape index (κ2) is 7.73. The summed E-state index contributed by atoms with van der Waals surface area (Å²) in [5.41, 5.74) is 2.12. The number of nitrogens with one attached hydrogen (secondary N) is 3. The van der Waals surface area contributed by atoms with Gasteiger partial charge < -0.3 is 10.6 Å². The third-order valence-electron chi connectivity index (χ3n) is 3.26. The summed E-state index contributed by atoms with van der Waals surface area (Å²) in [5.74, 6) is -0.234. The van der Waals surface area contributed by atoms with Crippen LogP contribution in [0.4, 0.5) is 15.6 Å². The van der Waals surface area contributed by atoms with Gasteiger partial charge in [-0.1, -0.05) is 24.6 Å². The van der Waals surface area contributed by atoms with Crippen molar-refractivity contribution >= 4 is 34.1 Å². The fourth-order valence-electron chi connectivity index (χ4n) is 1.73. The Hall–Kier alpha value is -2.41. The van der Waals surface area contributed by atoms with E-state index in [4.69, 9.17) is 0 Å². The van der Waals surface area contributed by atoms with Gasteiger partial charge in [-0.2, -0.15) is 0 Å². The molecule has 122 valence electrons. The Morgan fingerprint density at radius 3 is 2.57 bits per heavy atom. The molecule has 1 aromatic carbocycles. The Kier molecular flexibility index (Phi) is 5.70. The van der Waals surface area contributed by atoms with Crippen molar-refractivity contribution in [2.24, 2.45) is 0 Å². The molecule has 6 nitrogen and oxygen atoms in total. The normalized spacial score (nSPS) is 11.6. The monoisotopic (exact) mass is 332 g/mol. The van der Waals surface area contributed by atoms with Gasteiger partial charge >= 0.3 is 6.03 Å². The molecule has 0 saturated heterocycles. The van der Waals surface area contributed by atoms with Crippen molar-refractivity contribution in [1.82, 2.24) is 10.3 Å². The number of hydrogen-bond acceptors (Lipinski definition) is 4. The Balaban J connectivity index is 1.92. The number of aromatic nitrogens is 1. The van der Waals surface area contributed by atoms with Crippen LogP contribution in [0.25, 0.3) is 0 Å². The van der Waals surface area contributed by atoms with Crippen molar-refractivity contribution < 1.29 is 9.59 Å². The Bertz CT molecular complexity index is 682. The van der Waals surface area contributed by atoms with E-state index in [0.717, 1.165) is 12.0 Å². The first-order valence-electron chi connectivity index (χ1n) is 7.39. The van der Waals surface area contributed by atoms with Crippen LogP contribution in [-0.2, 0) is 0 Å². The average molecular weight is 332 g/mol. The summed E-state index contributed by atoms with van der Waals surface area (Å²) in [7, 11) is 0. The number of benzene rings is 1. The predicted molar refractivity (Wildman–Crippen MR) is 93.2 cm³/mol. The number of nitrogens with zero attached hydrogens (tertiary/aromatic N) is 1. The minimum Gasteiger partial charge on any atom is -0.348 e. The quantitative estimate of drug-likeness (QED) is 0.782. The van der Waals surface area contributed by atoms with Gasteiger partial charge in [0.05, 0.1) is 0 Å². The molecular weight excluding hydrogens is 312 g/mol. The maximum atomic E-state index is 11.9. The van der Waals surface area contributed by atoms with Crippen LogP contribution >= 0.6 is 11.3 Å². The molecule has 3 N–H and O–H groups in total. The zero-order valence-electron chi connectivity index (χ0n) is 13.3. The lowest BCUT2D eigenvalue weighted by Crippen LogP contribution is -2.32. The molecule has 1 atom stereocenters. The Morgan fingerprint density at radius 2 is 1.91 bits per heavy atom. The number of aryl methyl sites for hydroxylation is 1. The van der Waals surface area contributed by atoms with Gasteiger partial charge in [-0.15, -0.1) is 11.3 Å². The molecule has 0 aliphatic carbocycles. The van der Waals surface area contributed by atoms with Gasteiger partial charge in [-0.05, 0) is 32.4 Å². The number of thiazole rings is 1. The molecule has 1 unspecified atom stereocenters. The lowest BCUT2D eigenvalue weighted by atomic mass is 10.2. The molecule has 0 bridgehead atoms. The van der Waals surface area contributed by atoms with Gasteiger partial charge in [0.25, 0.3) is 5.91 Å². The van der Waals surface area contributed by atoms with Crippen molar-refractivity contribution in [3.05, 3.63) is 40.9 Å². The lowest BCUT2D eigenvalue weighted by Gasteiger charge is -2.09. The first kappa shape index (κ1) is 17.0. The fourth-order valence-corrected chi connectivity index (χ4v) is 2.42. The van der Waals surface area contributed by atoms with Crippen LogP contribution in [0.5, 0.6) is 0 Å². The molecule has 23 heavy (non-hydrogen) atoms. The van der Waals surface area contributed by atoms with E-state index < -0.39 is 6.03 Å². The smallest absolute Gasteiger partial charge is 0.325 e. The summed E-state index contributed by atoms with van der Waals surface area (Å²) in [6, 6.07) is 7.17. The Morgan fingerprint density at radius 1 is 1.22 bits per heavy atom. The van der Waals surface area contributed by atoms with Gasteiger partial charge in [0.1, 0.15) is 5.69 Å². The van der Waals surface area contributed by atoms with Gasteiger partial charge in [0.15, 0.2) is 5.13 Å². The topological polar surface area (TPSA) is 83.1 Å². The van der Waals surface area contributed by atoms with Crippen molar-refractivity contribution in [3.8, 4) is 0 Å². The maximum Gasteiger partial charge on any atom is 0.325 e. The lowest BCUT2D eigenvalue weighted by molar-refractivity contribution is 0.0935. The molecule has 2 aromatic rings. The van der Waals surface area contributed by atoms with E-state index in [2.05, 4.69) is 20.9 Å². The maximum absolute atomic E-state index is 11.9. The SMILES string of the molecule is CCC(C)NC(=O)c1csc(NC(=O)Nc2ccc(C)cc2)n1. The number of anilines is 2. The molecular formula is C16H20N4O2S. The highest BCUT2D eigenvalue weighted by Gasteiger charge is 2.13. The molecule has 0 aliphatic rings. The van der Waals surface area contributed by atoms with Crippen LogP contribution in [-0.4, -0.2) is 23.0 Å². The van der Waals surface area contributed by atoms with Crippen molar-refractivity contribution in [2.75, 3.05) is 10.6 Å². The van der Waals surface area contributed by atoms with E-state index in [-0.39, 0.29) is 11.9 Å². The summed E-state index contributed by atoms with van der Waals surface area (Å²) in [5, 5.41) is 10.2. The molecule has 0 aliphatic heterocycles. The van der Waals surface area contributed by atoms with Gasteiger partial charge in [-0.3, -0.25) is 10.1 Å². The number of amides is 3. The summed E-state index contributed by atoms with van der Waals surface area (Å²) in [6.45, 7) is 5.90. The van der Waals surface area contributed by atoms with Gasteiger partial charge in [0.2, 0.25) is 0 Å². The van der Waals surface area contributed by atoms with Crippen LogP contribution in [0.2, 0.25) is 0 Å². The minimum absolute atomic E-state index is 0.0884. The minimum atomic E-state index is -0.392. The third kappa shape index (κ3) is 5.07. The second-order valence-electron chi connectivity index (χ2n) is 5.27. The summed E-state index contributed by atoms with van der Waals surface area (Å²) < 4.78 is 0. The van der Waals surface area contributed by atoms with E-state index in [1.807, 2.05) is 45.0 Å². The van der Waals surface area contributed by atoms with Crippen LogP contribution in [0.3, 0.4) is 0 Å². The van der Waals surface area contributed by atoms with Gasteiger partial charge in [-0.25, -0.2) is 9.78 Å². The molecule has 0 fully saturated rings. The van der Waals surface area contributed by atoms with Crippen LogP contribution < -0.4 is 16.0 Å². The van der Waals surface area contributed by atoms with Crippen LogP contribution in [0.1, 0.15) is 36.3 Å². The zero-order valence-corrected chi connectivity index (χ0v) is 14.2. The fraction of sp³-hybridized carbons (Fsp3) is 0.312. The van der Waals surface area contributed by atoms with E-state index in [1.54, 1.807) is 5.38 Å².